The predicted octanol–water partition coefficient (Wildman–Crippen LogP) is 0.996. The maximum Gasteiger partial charge on any atom is 0.241 e. The van der Waals surface area contributed by atoms with E-state index in [1.165, 1.54) is 5.06 Å². The fourth-order valence-electron chi connectivity index (χ4n) is 1.55. The van der Waals surface area contributed by atoms with Crippen LogP contribution in [0, 0.1) is 0 Å². The number of nitrogens with zero attached hydrogens (tertiary/aromatic N) is 1. The zero-order valence-corrected chi connectivity index (χ0v) is 10.7. The zero-order chi connectivity index (χ0) is 12.3. The van der Waals surface area contributed by atoms with Gasteiger partial charge in [0.05, 0.1) is 24.9 Å². The van der Waals surface area contributed by atoms with E-state index in [0.717, 1.165) is 10.2 Å². The molecular weight excluding hydrogens is 288 g/mol. The molecule has 1 aliphatic heterocycles. The Labute approximate surface area is 107 Å². The first-order valence-electron chi connectivity index (χ1n) is 5.25. The average Bonchev–Trinajstić information content (AvgIpc) is 2.67. The van der Waals surface area contributed by atoms with E-state index < -0.39 is 6.10 Å². The number of benzene rings is 1. The summed E-state index contributed by atoms with van der Waals surface area (Å²) in [6.45, 7) is 0.726. The van der Waals surface area contributed by atoms with E-state index in [1.54, 1.807) is 0 Å². The fourth-order valence-corrected chi connectivity index (χ4v) is 1.94. The summed E-state index contributed by atoms with van der Waals surface area (Å²) in [5.41, 5.74) is 0.720. The van der Waals surface area contributed by atoms with Crippen LogP contribution in [0.25, 0.3) is 0 Å². The molecule has 5 nitrogen and oxygen atoms in total. The predicted molar refractivity (Wildman–Crippen MR) is 66.3 cm³/mol. The number of rotatable bonds is 3. The van der Waals surface area contributed by atoms with Gasteiger partial charge in [0.15, 0.2) is 0 Å². The van der Waals surface area contributed by atoms with Gasteiger partial charge in [0.1, 0.15) is 6.54 Å². The largest absolute Gasteiger partial charge is 0.389 e. The van der Waals surface area contributed by atoms with Gasteiger partial charge >= 0.3 is 0 Å². The van der Waals surface area contributed by atoms with Crippen LogP contribution >= 0.6 is 15.9 Å². The highest BCUT2D eigenvalue weighted by molar-refractivity contribution is 9.10. The number of halogens is 1. The molecule has 1 heterocycles. The molecule has 1 amide bonds. The number of para-hydroxylation sites is 1. The minimum Gasteiger partial charge on any atom is -0.389 e. The van der Waals surface area contributed by atoms with Crippen LogP contribution in [0.3, 0.4) is 0 Å². The highest BCUT2D eigenvalue weighted by Gasteiger charge is 2.23. The third kappa shape index (κ3) is 3.50. The molecule has 6 heteroatoms. The lowest BCUT2D eigenvalue weighted by Gasteiger charge is -2.13. The smallest absolute Gasteiger partial charge is 0.241 e. The third-order valence-corrected chi connectivity index (χ3v) is 3.02. The standard InChI is InChI=1S/C11H13BrN2O3/c12-9-3-1-2-4-10(9)13-11(16)6-14-5-8(15)7-17-14/h1-4,8,15H,5-7H2,(H,13,16). The minimum atomic E-state index is -0.508. The second kappa shape index (κ2) is 5.59. The summed E-state index contributed by atoms with van der Waals surface area (Å²) in [5, 5.41) is 13.5. The molecule has 2 rings (SSSR count). The van der Waals surface area contributed by atoms with Gasteiger partial charge in [-0.1, -0.05) is 12.1 Å². The van der Waals surface area contributed by atoms with Gasteiger partial charge < -0.3 is 10.4 Å². The number of aliphatic hydroxyl groups excluding tert-OH is 1. The molecule has 1 unspecified atom stereocenters. The third-order valence-electron chi connectivity index (χ3n) is 2.33. The molecule has 0 aliphatic carbocycles. The molecule has 0 aromatic heterocycles. The number of anilines is 1. The number of carbonyl (C=O) groups is 1. The molecule has 1 saturated heterocycles. The highest BCUT2D eigenvalue weighted by atomic mass is 79.9. The second-order valence-electron chi connectivity index (χ2n) is 3.80. The van der Waals surface area contributed by atoms with Crippen molar-refractivity contribution in [3.05, 3.63) is 28.7 Å². The first-order chi connectivity index (χ1) is 8.15. The molecule has 0 bridgehead atoms. The quantitative estimate of drug-likeness (QED) is 0.874. The second-order valence-corrected chi connectivity index (χ2v) is 4.65. The van der Waals surface area contributed by atoms with Gasteiger partial charge in [0.25, 0.3) is 0 Å². The van der Waals surface area contributed by atoms with E-state index in [4.69, 9.17) is 4.84 Å². The van der Waals surface area contributed by atoms with Crippen LogP contribution in [-0.2, 0) is 9.63 Å². The SMILES string of the molecule is O=C(CN1CC(O)CO1)Nc1ccccc1Br. The van der Waals surface area contributed by atoms with Crippen molar-refractivity contribution in [2.24, 2.45) is 0 Å². The van der Waals surface area contributed by atoms with Crippen molar-refractivity contribution in [2.45, 2.75) is 6.10 Å². The number of hydrogen-bond acceptors (Lipinski definition) is 4. The summed E-state index contributed by atoms with van der Waals surface area (Å²) >= 11 is 3.35. The number of hydrogen-bond donors (Lipinski definition) is 2. The lowest BCUT2D eigenvalue weighted by molar-refractivity contribution is -0.138. The van der Waals surface area contributed by atoms with Gasteiger partial charge in [-0.2, -0.15) is 5.06 Å². The Morgan fingerprint density at radius 1 is 1.59 bits per heavy atom. The molecule has 1 aromatic rings. The van der Waals surface area contributed by atoms with Crippen molar-refractivity contribution < 1.29 is 14.7 Å². The van der Waals surface area contributed by atoms with Crippen LogP contribution in [0.1, 0.15) is 0 Å². The van der Waals surface area contributed by atoms with Crippen LogP contribution in [0.15, 0.2) is 28.7 Å². The van der Waals surface area contributed by atoms with Crippen LogP contribution in [-0.4, -0.2) is 41.9 Å². The molecule has 1 aromatic carbocycles. The summed E-state index contributed by atoms with van der Waals surface area (Å²) in [6.07, 6.45) is -0.508. The van der Waals surface area contributed by atoms with Gasteiger partial charge in [-0.15, -0.1) is 0 Å². The van der Waals surface area contributed by atoms with Gasteiger partial charge in [-0.05, 0) is 28.1 Å². The Balaban J connectivity index is 1.87. The number of nitrogens with one attached hydrogen (secondary N) is 1. The van der Waals surface area contributed by atoms with Crippen molar-refractivity contribution in [1.29, 1.82) is 0 Å². The molecule has 0 radical (unpaired) electrons. The number of amides is 1. The lowest BCUT2D eigenvalue weighted by Crippen LogP contribution is -2.31. The van der Waals surface area contributed by atoms with Crippen molar-refractivity contribution >= 4 is 27.5 Å². The number of aliphatic hydroxyl groups is 1. The average molecular weight is 301 g/mol. The molecule has 2 N–H and O–H groups in total. The molecule has 92 valence electrons. The zero-order valence-electron chi connectivity index (χ0n) is 9.10. The highest BCUT2D eigenvalue weighted by Crippen LogP contribution is 2.21. The monoisotopic (exact) mass is 300 g/mol. The number of β-amino-alcohol motifs (C(OH)–C–C–N with tert-alkyl or cyclic N) is 1. The summed E-state index contributed by atoms with van der Waals surface area (Å²) in [7, 11) is 0. The van der Waals surface area contributed by atoms with E-state index in [9.17, 15) is 9.90 Å². The molecule has 1 atom stereocenters. The molecule has 0 saturated carbocycles. The topological polar surface area (TPSA) is 61.8 Å². The van der Waals surface area contributed by atoms with Crippen molar-refractivity contribution in [1.82, 2.24) is 5.06 Å². The van der Waals surface area contributed by atoms with E-state index in [-0.39, 0.29) is 19.1 Å². The summed E-state index contributed by atoms with van der Waals surface area (Å²) < 4.78 is 0.829. The van der Waals surface area contributed by atoms with Crippen LogP contribution in [0.4, 0.5) is 5.69 Å². The van der Waals surface area contributed by atoms with Gasteiger partial charge in [-0.25, -0.2) is 0 Å². The van der Waals surface area contributed by atoms with Crippen LogP contribution in [0.5, 0.6) is 0 Å². The first-order valence-corrected chi connectivity index (χ1v) is 6.05. The number of carbonyl (C=O) groups excluding carboxylic acids is 1. The fraction of sp³-hybridized carbons (Fsp3) is 0.364. The molecule has 0 spiro atoms. The minimum absolute atomic E-state index is 0.110. The van der Waals surface area contributed by atoms with Gasteiger partial charge in [-0.3, -0.25) is 9.63 Å². The van der Waals surface area contributed by atoms with Gasteiger partial charge in [0.2, 0.25) is 5.91 Å². The van der Waals surface area contributed by atoms with Crippen LogP contribution < -0.4 is 5.32 Å². The summed E-state index contributed by atoms with van der Waals surface area (Å²) in [6, 6.07) is 7.38. The van der Waals surface area contributed by atoms with E-state index >= 15 is 0 Å². The Morgan fingerprint density at radius 2 is 2.35 bits per heavy atom. The van der Waals surface area contributed by atoms with Crippen molar-refractivity contribution in [3.8, 4) is 0 Å². The Hall–Kier alpha value is -0.950. The summed E-state index contributed by atoms with van der Waals surface area (Å²) in [5.74, 6) is -0.175. The molecule has 17 heavy (non-hydrogen) atoms. The van der Waals surface area contributed by atoms with Gasteiger partial charge in [0, 0.05) is 4.47 Å². The molecular formula is C11H13BrN2O3. The molecule has 1 aliphatic rings. The van der Waals surface area contributed by atoms with Crippen molar-refractivity contribution in [3.63, 3.8) is 0 Å². The Bertz CT molecular complexity index is 413. The van der Waals surface area contributed by atoms with Crippen LogP contribution in [0.2, 0.25) is 0 Å². The van der Waals surface area contributed by atoms with Crippen molar-refractivity contribution in [2.75, 3.05) is 25.0 Å². The van der Waals surface area contributed by atoms with E-state index in [1.807, 2.05) is 24.3 Å². The van der Waals surface area contributed by atoms with E-state index in [0.29, 0.717) is 6.54 Å². The lowest BCUT2D eigenvalue weighted by atomic mass is 10.3. The summed E-state index contributed by atoms with van der Waals surface area (Å²) in [4.78, 5) is 16.8. The maximum absolute atomic E-state index is 11.7. The first kappa shape index (κ1) is 12.5. The molecule has 1 fully saturated rings. The normalized spacial score (nSPS) is 20.5. The Kier molecular flexibility index (Phi) is 4.11. The van der Waals surface area contributed by atoms with E-state index in [2.05, 4.69) is 21.2 Å². The maximum atomic E-state index is 11.7. The number of hydroxylamine groups is 2. The Morgan fingerprint density at radius 3 is 3.00 bits per heavy atom.